The van der Waals surface area contributed by atoms with Gasteiger partial charge >= 0.3 is 5.69 Å². The number of nitro groups is 1. The molecule has 138 valence electrons. The van der Waals surface area contributed by atoms with E-state index in [1.165, 1.54) is 12.1 Å². The molecule has 0 heterocycles. The number of nitrogens with zero attached hydrogens (tertiary/aromatic N) is 1. The van der Waals surface area contributed by atoms with Gasteiger partial charge in [-0.2, -0.15) is 0 Å². The van der Waals surface area contributed by atoms with E-state index in [0.29, 0.717) is 11.3 Å². The first-order valence-electron chi connectivity index (χ1n) is 8.30. The van der Waals surface area contributed by atoms with E-state index >= 15 is 0 Å². The first-order chi connectivity index (χ1) is 12.3. The van der Waals surface area contributed by atoms with Crippen LogP contribution in [0.5, 0.6) is 11.5 Å². The molecule has 0 aromatic heterocycles. The van der Waals surface area contributed by atoms with Gasteiger partial charge in [0.15, 0.2) is 5.75 Å². The number of nitrogens with one attached hydrogen (secondary N) is 1. The number of amides is 1. The van der Waals surface area contributed by atoms with Gasteiger partial charge in [-0.15, -0.1) is 0 Å². The highest BCUT2D eigenvalue weighted by atomic mass is 16.6. The van der Waals surface area contributed by atoms with Crippen LogP contribution in [0.2, 0.25) is 0 Å². The molecule has 26 heavy (non-hydrogen) atoms. The normalized spacial score (nSPS) is 10.7. The Hall–Kier alpha value is -3.09. The van der Waals surface area contributed by atoms with Crippen LogP contribution in [0.4, 0.5) is 11.4 Å². The summed E-state index contributed by atoms with van der Waals surface area (Å²) in [6.07, 6.45) is -0.484. The van der Waals surface area contributed by atoms with Gasteiger partial charge < -0.3 is 14.8 Å². The van der Waals surface area contributed by atoms with Crippen LogP contribution in [0.3, 0.4) is 0 Å². The number of hydrogen-bond acceptors (Lipinski definition) is 5. The molecule has 7 heteroatoms. The molecule has 0 unspecified atom stereocenters. The fourth-order valence-corrected chi connectivity index (χ4v) is 2.27. The zero-order valence-electron chi connectivity index (χ0n) is 15.2. The summed E-state index contributed by atoms with van der Waals surface area (Å²) >= 11 is 0. The highest BCUT2D eigenvalue weighted by Crippen LogP contribution is 2.39. The van der Waals surface area contributed by atoms with Gasteiger partial charge in [-0.1, -0.05) is 18.2 Å². The molecule has 2 rings (SSSR count). The molecule has 0 saturated carbocycles. The zero-order valence-corrected chi connectivity index (χ0v) is 15.2. The lowest BCUT2D eigenvalue weighted by Crippen LogP contribution is -2.15. The minimum atomic E-state index is -0.534. The number of hydrogen-bond donors (Lipinski definition) is 1. The van der Waals surface area contributed by atoms with Gasteiger partial charge in [0.2, 0.25) is 0 Å². The van der Waals surface area contributed by atoms with Gasteiger partial charge in [-0.05, 0) is 39.8 Å². The molecule has 0 aliphatic rings. The third-order valence-electron chi connectivity index (χ3n) is 3.27. The number of nitro benzene ring substituents is 1. The van der Waals surface area contributed by atoms with Gasteiger partial charge in [0.1, 0.15) is 5.75 Å². The largest absolute Gasteiger partial charge is 0.489 e. The zero-order chi connectivity index (χ0) is 19.3. The third kappa shape index (κ3) is 4.95. The van der Waals surface area contributed by atoms with Crippen molar-refractivity contribution >= 4 is 17.3 Å². The summed E-state index contributed by atoms with van der Waals surface area (Å²) in [6, 6.07) is 11.4. The smallest absolute Gasteiger partial charge is 0.314 e. The van der Waals surface area contributed by atoms with Crippen molar-refractivity contribution in [2.75, 3.05) is 5.32 Å². The van der Waals surface area contributed by atoms with Crippen LogP contribution in [0.1, 0.15) is 38.1 Å². The standard InChI is InChI=1S/C19H22N2O5/c1-12(2)25-17-11-16(21(23)24)18(26-13(3)4)10-15(17)20-19(22)14-8-6-5-7-9-14/h5-13H,1-4H3,(H,20,22). The highest BCUT2D eigenvalue weighted by Gasteiger charge is 2.23. The molecule has 7 nitrogen and oxygen atoms in total. The van der Waals surface area contributed by atoms with Crippen molar-refractivity contribution in [1.29, 1.82) is 0 Å². The van der Waals surface area contributed by atoms with Crippen LogP contribution in [0.25, 0.3) is 0 Å². The van der Waals surface area contributed by atoms with Crippen LogP contribution in [0.15, 0.2) is 42.5 Å². The summed E-state index contributed by atoms with van der Waals surface area (Å²) in [5, 5.41) is 14.1. The van der Waals surface area contributed by atoms with Gasteiger partial charge in [-0.3, -0.25) is 14.9 Å². The van der Waals surface area contributed by atoms with Crippen molar-refractivity contribution < 1.29 is 19.2 Å². The number of anilines is 1. The summed E-state index contributed by atoms with van der Waals surface area (Å²) in [6.45, 7) is 7.13. The number of ether oxygens (including phenoxy) is 2. The molecule has 1 N–H and O–H groups in total. The summed E-state index contributed by atoms with van der Waals surface area (Å²) in [7, 11) is 0. The van der Waals surface area contributed by atoms with E-state index in [-0.39, 0.29) is 35.3 Å². The first kappa shape index (κ1) is 19.2. The van der Waals surface area contributed by atoms with Crippen LogP contribution in [0, 0.1) is 10.1 Å². The van der Waals surface area contributed by atoms with Crippen molar-refractivity contribution in [2.45, 2.75) is 39.9 Å². The second-order valence-corrected chi connectivity index (χ2v) is 6.23. The second-order valence-electron chi connectivity index (χ2n) is 6.23. The van der Waals surface area contributed by atoms with Crippen molar-refractivity contribution in [2.24, 2.45) is 0 Å². The fourth-order valence-electron chi connectivity index (χ4n) is 2.27. The van der Waals surface area contributed by atoms with Crippen LogP contribution in [-0.2, 0) is 0 Å². The van der Waals surface area contributed by atoms with Crippen LogP contribution >= 0.6 is 0 Å². The van der Waals surface area contributed by atoms with E-state index in [2.05, 4.69) is 5.32 Å². The highest BCUT2D eigenvalue weighted by molar-refractivity contribution is 6.05. The third-order valence-corrected chi connectivity index (χ3v) is 3.27. The minimum absolute atomic E-state index is 0.0736. The molecule has 1 amide bonds. The maximum Gasteiger partial charge on any atom is 0.314 e. The summed E-state index contributed by atoms with van der Waals surface area (Å²) in [4.78, 5) is 23.3. The maximum absolute atomic E-state index is 12.5. The molecular formula is C19H22N2O5. The lowest BCUT2D eigenvalue weighted by molar-refractivity contribution is -0.386. The van der Waals surface area contributed by atoms with E-state index in [1.807, 2.05) is 6.07 Å². The molecule has 0 spiro atoms. The fraction of sp³-hybridized carbons (Fsp3) is 0.316. The Balaban J connectivity index is 2.46. The van der Waals surface area contributed by atoms with Crippen molar-refractivity contribution in [3.05, 3.63) is 58.1 Å². The summed E-state index contributed by atoms with van der Waals surface area (Å²) < 4.78 is 11.2. The second kappa shape index (κ2) is 8.33. The molecule has 0 saturated heterocycles. The first-order valence-corrected chi connectivity index (χ1v) is 8.30. The van der Waals surface area contributed by atoms with Crippen molar-refractivity contribution in [1.82, 2.24) is 0 Å². The SMILES string of the molecule is CC(C)Oc1cc([N+](=O)[O-])c(OC(C)C)cc1NC(=O)c1ccccc1. The molecule has 0 bridgehead atoms. The van der Waals surface area contributed by atoms with E-state index in [0.717, 1.165) is 0 Å². The quantitative estimate of drug-likeness (QED) is 0.584. The molecule has 2 aromatic rings. The Labute approximate surface area is 152 Å². The molecule has 0 radical (unpaired) electrons. The summed E-state index contributed by atoms with van der Waals surface area (Å²) in [5.41, 5.74) is 0.563. The Morgan fingerprint density at radius 2 is 1.58 bits per heavy atom. The topological polar surface area (TPSA) is 90.7 Å². The molecule has 0 aliphatic heterocycles. The van der Waals surface area contributed by atoms with E-state index < -0.39 is 4.92 Å². The van der Waals surface area contributed by atoms with E-state index in [1.54, 1.807) is 52.0 Å². The van der Waals surface area contributed by atoms with Gasteiger partial charge in [0, 0.05) is 11.6 Å². The lowest BCUT2D eigenvalue weighted by atomic mass is 10.2. The number of carbonyl (C=O) groups is 1. The van der Waals surface area contributed by atoms with E-state index in [4.69, 9.17) is 9.47 Å². The van der Waals surface area contributed by atoms with Crippen LogP contribution < -0.4 is 14.8 Å². The minimum Gasteiger partial charge on any atom is -0.489 e. The Morgan fingerprint density at radius 3 is 2.12 bits per heavy atom. The monoisotopic (exact) mass is 358 g/mol. The Kier molecular flexibility index (Phi) is 6.16. The molecule has 2 aromatic carbocycles. The van der Waals surface area contributed by atoms with E-state index in [9.17, 15) is 14.9 Å². The average molecular weight is 358 g/mol. The predicted octanol–water partition coefficient (Wildman–Crippen LogP) is 4.42. The Bertz CT molecular complexity index is 788. The van der Waals surface area contributed by atoms with Crippen molar-refractivity contribution in [3.63, 3.8) is 0 Å². The number of benzene rings is 2. The molecule has 0 atom stereocenters. The molecule has 0 fully saturated rings. The predicted molar refractivity (Wildman–Crippen MR) is 99.0 cm³/mol. The van der Waals surface area contributed by atoms with Gasteiger partial charge in [0.25, 0.3) is 5.91 Å². The Morgan fingerprint density at radius 1 is 1.00 bits per heavy atom. The maximum atomic E-state index is 12.5. The number of rotatable bonds is 7. The number of carbonyl (C=O) groups excluding carboxylic acids is 1. The lowest BCUT2D eigenvalue weighted by Gasteiger charge is -2.17. The van der Waals surface area contributed by atoms with Gasteiger partial charge in [-0.25, -0.2) is 0 Å². The molecule has 0 aliphatic carbocycles. The van der Waals surface area contributed by atoms with Gasteiger partial charge in [0.05, 0.1) is 28.9 Å². The van der Waals surface area contributed by atoms with Crippen molar-refractivity contribution in [3.8, 4) is 11.5 Å². The average Bonchev–Trinajstić information content (AvgIpc) is 2.56. The molecular weight excluding hydrogens is 336 g/mol. The van der Waals surface area contributed by atoms with Crippen LogP contribution in [-0.4, -0.2) is 23.0 Å². The summed E-state index contributed by atoms with van der Waals surface area (Å²) in [5.74, 6) is -0.0555.